The zero-order valence-electron chi connectivity index (χ0n) is 15.8. The van der Waals surface area contributed by atoms with E-state index in [0.29, 0.717) is 18.8 Å². The molecule has 3 unspecified atom stereocenters. The van der Waals surface area contributed by atoms with E-state index in [1.165, 1.54) is 6.92 Å². The minimum atomic E-state index is -0.670. The molecule has 0 spiro atoms. The molecule has 0 aromatic heterocycles. The van der Waals surface area contributed by atoms with Crippen LogP contribution in [0.1, 0.15) is 46.5 Å². The Hall–Kier alpha value is -1.33. The molecule has 0 aliphatic heterocycles. The van der Waals surface area contributed by atoms with Crippen molar-refractivity contribution in [2.24, 2.45) is 34.5 Å². The fraction of sp³-hybridized carbons (Fsp3) is 0.762. The highest BCUT2D eigenvalue weighted by atomic mass is 16.6. The van der Waals surface area contributed by atoms with Crippen LogP contribution >= 0.6 is 0 Å². The maximum Gasteiger partial charge on any atom is 0.303 e. The molecular formula is C21H30O5. The van der Waals surface area contributed by atoms with Crippen molar-refractivity contribution >= 4 is 5.97 Å². The van der Waals surface area contributed by atoms with Gasteiger partial charge in [0, 0.05) is 12.3 Å². The first-order valence-electron chi connectivity index (χ1n) is 9.80. The van der Waals surface area contributed by atoms with Crippen molar-refractivity contribution in [3.63, 3.8) is 0 Å². The van der Waals surface area contributed by atoms with E-state index in [1.807, 2.05) is 6.08 Å². The number of allylic oxidation sites excluding steroid dienone is 3. The number of carbonyl (C=O) groups excluding carboxylic acids is 1. The first kappa shape index (κ1) is 18.1. The van der Waals surface area contributed by atoms with Gasteiger partial charge in [-0.05, 0) is 66.9 Å². The van der Waals surface area contributed by atoms with Crippen LogP contribution in [0.4, 0.5) is 0 Å². The lowest BCUT2D eigenvalue weighted by Gasteiger charge is -2.59. The molecule has 0 bridgehead atoms. The third kappa shape index (κ3) is 2.40. The number of fused-ring (bicyclic) bond motifs is 5. The summed E-state index contributed by atoms with van der Waals surface area (Å²) in [6, 6.07) is 0. The van der Waals surface area contributed by atoms with E-state index in [4.69, 9.17) is 4.74 Å². The van der Waals surface area contributed by atoms with Crippen molar-refractivity contribution in [1.29, 1.82) is 0 Å². The van der Waals surface area contributed by atoms with Gasteiger partial charge < -0.3 is 20.1 Å². The largest absolute Gasteiger partial charge is 0.508 e. The average molecular weight is 362 g/mol. The molecule has 3 N–H and O–H groups in total. The number of aliphatic hydroxyl groups excluding tert-OH is 3. The highest BCUT2D eigenvalue weighted by Crippen LogP contribution is 2.65. The van der Waals surface area contributed by atoms with E-state index in [-0.39, 0.29) is 40.3 Å². The quantitative estimate of drug-likeness (QED) is 0.625. The number of carbonyl (C=O) groups is 1. The van der Waals surface area contributed by atoms with Crippen LogP contribution < -0.4 is 0 Å². The fourth-order valence-electron chi connectivity index (χ4n) is 6.79. The first-order chi connectivity index (χ1) is 12.2. The third-order valence-corrected chi connectivity index (χ3v) is 8.08. The Morgan fingerprint density at radius 2 is 1.92 bits per heavy atom. The Labute approximate surface area is 154 Å². The normalized spacial score (nSPS) is 52.5. The molecule has 4 aliphatic rings. The van der Waals surface area contributed by atoms with Crippen LogP contribution in [0.15, 0.2) is 24.0 Å². The first-order valence-corrected chi connectivity index (χ1v) is 9.80. The molecule has 0 aromatic rings. The molecule has 0 saturated heterocycles. The molecule has 4 rings (SSSR count). The standard InChI is InChI=1S/C21H30O5/c1-11(22)26-19-17(25)10-15-18-14(5-7-21(15,19)3)20(2)6-4-13(23)8-12(20)9-16(18)24/h4,6,8,12,14-19,23-25H,5,7,9-10H2,1-3H3/t12-,14?,15?,16+,17-,18?,19+,20+,21+/m1/s1. The van der Waals surface area contributed by atoms with Crippen LogP contribution in [0.5, 0.6) is 0 Å². The molecule has 0 radical (unpaired) electrons. The van der Waals surface area contributed by atoms with Gasteiger partial charge in [-0.15, -0.1) is 0 Å². The second-order valence-corrected chi connectivity index (χ2v) is 9.37. The van der Waals surface area contributed by atoms with E-state index in [0.717, 1.165) is 12.8 Å². The van der Waals surface area contributed by atoms with Gasteiger partial charge in [-0.2, -0.15) is 0 Å². The van der Waals surface area contributed by atoms with E-state index in [2.05, 4.69) is 19.9 Å². The summed E-state index contributed by atoms with van der Waals surface area (Å²) in [5.41, 5.74) is -0.394. The zero-order valence-corrected chi connectivity index (χ0v) is 15.8. The molecule has 9 atom stereocenters. The maximum atomic E-state index is 11.6. The Morgan fingerprint density at radius 3 is 2.62 bits per heavy atom. The maximum absolute atomic E-state index is 11.6. The van der Waals surface area contributed by atoms with Crippen molar-refractivity contribution in [3.05, 3.63) is 24.0 Å². The van der Waals surface area contributed by atoms with Crippen LogP contribution in [0.25, 0.3) is 0 Å². The van der Waals surface area contributed by atoms with Gasteiger partial charge in [-0.3, -0.25) is 4.79 Å². The molecule has 0 heterocycles. The van der Waals surface area contributed by atoms with Crippen LogP contribution in [0.3, 0.4) is 0 Å². The molecule has 144 valence electrons. The second-order valence-electron chi connectivity index (χ2n) is 9.37. The van der Waals surface area contributed by atoms with E-state index >= 15 is 0 Å². The van der Waals surface area contributed by atoms with Crippen molar-refractivity contribution in [2.75, 3.05) is 0 Å². The summed E-state index contributed by atoms with van der Waals surface area (Å²) < 4.78 is 5.53. The Morgan fingerprint density at radius 1 is 1.19 bits per heavy atom. The molecule has 5 nitrogen and oxygen atoms in total. The Bertz CT molecular complexity index is 669. The van der Waals surface area contributed by atoms with Crippen molar-refractivity contribution in [2.45, 2.75) is 64.8 Å². The smallest absolute Gasteiger partial charge is 0.303 e. The minimum Gasteiger partial charge on any atom is -0.508 e. The Kier molecular flexibility index (Phi) is 4.05. The molecule has 4 aliphatic carbocycles. The summed E-state index contributed by atoms with van der Waals surface area (Å²) in [5, 5.41) is 31.6. The molecule has 0 aromatic carbocycles. The molecule has 5 heteroatoms. The summed E-state index contributed by atoms with van der Waals surface area (Å²) in [7, 11) is 0. The van der Waals surface area contributed by atoms with Crippen LogP contribution in [-0.4, -0.2) is 39.6 Å². The van der Waals surface area contributed by atoms with Crippen LogP contribution in [0.2, 0.25) is 0 Å². The lowest BCUT2D eigenvalue weighted by molar-refractivity contribution is -0.170. The summed E-state index contributed by atoms with van der Waals surface area (Å²) in [6.07, 6.45) is 7.13. The fourth-order valence-corrected chi connectivity index (χ4v) is 6.79. The lowest BCUT2D eigenvalue weighted by atomic mass is 9.46. The van der Waals surface area contributed by atoms with E-state index < -0.39 is 18.3 Å². The van der Waals surface area contributed by atoms with E-state index in [9.17, 15) is 20.1 Å². The van der Waals surface area contributed by atoms with Crippen molar-refractivity contribution in [3.8, 4) is 0 Å². The minimum absolute atomic E-state index is 0.0727. The predicted molar refractivity (Wildman–Crippen MR) is 96.1 cm³/mol. The summed E-state index contributed by atoms with van der Waals surface area (Å²) in [5.74, 6) is 0.543. The van der Waals surface area contributed by atoms with Gasteiger partial charge >= 0.3 is 5.97 Å². The van der Waals surface area contributed by atoms with Gasteiger partial charge in [0.05, 0.1) is 12.2 Å². The molecule has 3 fully saturated rings. The number of hydrogen-bond acceptors (Lipinski definition) is 5. The summed E-state index contributed by atoms with van der Waals surface area (Å²) in [4.78, 5) is 11.6. The van der Waals surface area contributed by atoms with Gasteiger partial charge in [-0.25, -0.2) is 0 Å². The summed E-state index contributed by atoms with van der Waals surface area (Å²) >= 11 is 0. The second kappa shape index (κ2) is 5.83. The third-order valence-electron chi connectivity index (χ3n) is 8.08. The lowest BCUT2D eigenvalue weighted by Crippen LogP contribution is -2.57. The number of hydrogen-bond donors (Lipinski definition) is 3. The van der Waals surface area contributed by atoms with Gasteiger partial charge in [-0.1, -0.05) is 19.9 Å². The number of ether oxygens (including phenoxy) is 1. The van der Waals surface area contributed by atoms with Crippen molar-refractivity contribution in [1.82, 2.24) is 0 Å². The zero-order chi connectivity index (χ0) is 18.9. The van der Waals surface area contributed by atoms with E-state index in [1.54, 1.807) is 6.08 Å². The monoisotopic (exact) mass is 362 g/mol. The summed E-state index contributed by atoms with van der Waals surface area (Å²) in [6.45, 7) is 5.74. The van der Waals surface area contributed by atoms with Gasteiger partial charge in [0.2, 0.25) is 0 Å². The highest BCUT2D eigenvalue weighted by molar-refractivity contribution is 5.66. The highest BCUT2D eigenvalue weighted by Gasteiger charge is 2.64. The Balaban J connectivity index is 1.69. The van der Waals surface area contributed by atoms with Crippen molar-refractivity contribution < 1.29 is 24.9 Å². The SMILES string of the molecule is CC(=O)O[C@H]1[C@H](O)CC2C3C(CC[C@@]21C)[C@@]1(C)C=CC(O)=C[C@@H]1C[C@@H]3O. The topological polar surface area (TPSA) is 87.0 Å². The average Bonchev–Trinajstić information content (AvgIpc) is 2.80. The molecule has 3 saturated carbocycles. The van der Waals surface area contributed by atoms with Crippen LogP contribution in [-0.2, 0) is 9.53 Å². The molecular weight excluding hydrogens is 332 g/mol. The van der Waals surface area contributed by atoms with Crippen LogP contribution in [0, 0.1) is 34.5 Å². The number of esters is 1. The van der Waals surface area contributed by atoms with Gasteiger partial charge in [0.25, 0.3) is 0 Å². The van der Waals surface area contributed by atoms with Gasteiger partial charge in [0.1, 0.15) is 11.9 Å². The number of rotatable bonds is 1. The molecule has 26 heavy (non-hydrogen) atoms. The predicted octanol–water partition coefficient (Wildman–Crippen LogP) is 2.73. The van der Waals surface area contributed by atoms with Gasteiger partial charge in [0.15, 0.2) is 0 Å². The molecule has 0 amide bonds. The number of aliphatic hydroxyl groups is 3.